The number of carbonyl (C=O) groups is 1. The molecule has 0 radical (unpaired) electrons. The first-order valence-electron chi connectivity index (χ1n) is 6.73. The SMILES string of the molecule is O=C(NCCc1ccccn1)NCCn1cc([N+](=O)[O-])cn1. The molecular weight excluding hydrogens is 288 g/mol. The van der Waals surface area contributed by atoms with Gasteiger partial charge in [0.15, 0.2) is 0 Å². The third kappa shape index (κ3) is 4.85. The van der Waals surface area contributed by atoms with E-state index in [1.165, 1.54) is 17.1 Å². The van der Waals surface area contributed by atoms with E-state index in [4.69, 9.17) is 0 Å². The minimum Gasteiger partial charge on any atom is -0.338 e. The molecule has 9 heteroatoms. The van der Waals surface area contributed by atoms with Gasteiger partial charge in [0.25, 0.3) is 0 Å². The molecule has 2 amide bonds. The minimum absolute atomic E-state index is 0.0696. The molecule has 2 heterocycles. The molecule has 0 fully saturated rings. The second-order valence-corrected chi connectivity index (χ2v) is 4.47. The van der Waals surface area contributed by atoms with Crippen LogP contribution in [0.25, 0.3) is 0 Å². The zero-order chi connectivity index (χ0) is 15.8. The van der Waals surface area contributed by atoms with E-state index in [9.17, 15) is 14.9 Å². The molecule has 0 aromatic carbocycles. The van der Waals surface area contributed by atoms with Crippen LogP contribution in [-0.4, -0.2) is 38.8 Å². The average molecular weight is 304 g/mol. The molecule has 0 aliphatic heterocycles. The molecule has 0 saturated carbocycles. The Morgan fingerprint density at radius 3 is 2.82 bits per heavy atom. The number of nitrogens with zero attached hydrogens (tertiary/aromatic N) is 4. The van der Waals surface area contributed by atoms with E-state index in [1.54, 1.807) is 6.20 Å². The summed E-state index contributed by atoms with van der Waals surface area (Å²) < 4.78 is 1.41. The van der Waals surface area contributed by atoms with Crippen molar-refractivity contribution in [1.29, 1.82) is 0 Å². The summed E-state index contributed by atoms with van der Waals surface area (Å²) in [7, 11) is 0. The zero-order valence-electron chi connectivity index (χ0n) is 11.8. The zero-order valence-corrected chi connectivity index (χ0v) is 11.8. The predicted octanol–water partition coefficient (Wildman–Crippen LogP) is 0.728. The average Bonchev–Trinajstić information content (AvgIpc) is 2.97. The van der Waals surface area contributed by atoms with E-state index in [2.05, 4.69) is 20.7 Å². The molecule has 0 unspecified atom stereocenters. The van der Waals surface area contributed by atoms with Crippen molar-refractivity contribution in [1.82, 2.24) is 25.4 Å². The third-order valence-electron chi connectivity index (χ3n) is 2.85. The lowest BCUT2D eigenvalue weighted by Gasteiger charge is -2.07. The molecule has 0 atom stereocenters. The van der Waals surface area contributed by atoms with E-state index in [0.29, 0.717) is 26.1 Å². The van der Waals surface area contributed by atoms with Crippen molar-refractivity contribution >= 4 is 11.7 Å². The fourth-order valence-corrected chi connectivity index (χ4v) is 1.77. The quantitative estimate of drug-likeness (QED) is 0.578. The highest BCUT2D eigenvalue weighted by Crippen LogP contribution is 2.06. The van der Waals surface area contributed by atoms with Crippen molar-refractivity contribution in [2.45, 2.75) is 13.0 Å². The first kappa shape index (κ1) is 15.4. The summed E-state index contributed by atoms with van der Waals surface area (Å²) >= 11 is 0. The van der Waals surface area contributed by atoms with Gasteiger partial charge in [0.05, 0.1) is 11.5 Å². The van der Waals surface area contributed by atoms with Crippen LogP contribution in [-0.2, 0) is 13.0 Å². The minimum atomic E-state index is -0.513. The summed E-state index contributed by atoms with van der Waals surface area (Å²) in [5, 5.41) is 19.7. The largest absolute Gasteiger partial charge is 0.338 e. The van der Waals surface area contributed by atoms with Crippen molar-refractivity contribution in [3.8, 4) is 0 Å². The Morgan fingerprint density at radius 1 is 1.32 bits per heavy atom. The lowest BCUT2D eigenvalue weighted by Crippen LogP contribution is -2.38. The van der Waals surface area contributed by atoms with Gasteiger partial charge < -0.3 is 10.6 Å². The number of amides is 2. The summed E-state index contributed by atoms with van der Waals surface area (Å²) in [5.41, 5.74) is 0.839. The maximum Gasteiger partial charge on any atom is 0.314 e. The van der Waals surface area contributed by atoms with Crippen LogP contribution in [0.15, 0.2) is 36.8 Å². The maximum atomic E-state index is 11.6. The first-order valence-corrected chi connectivity index (χ1v) is 6.73. The maximum absolute atomic E-state index is 11.6. The Labute approximate surface area is 126 Å². The molecule has 0 spiro atoms. The van der Waals surface area contributed by atoms with Gasteiger partial charge >= 0.3 is 11.7 Å². The first-order chi connectivity index (χ1) is 10.6. The van der Waals surface area contributed by atoms with E-state index in [1.807, 2.05) is 18.2 Å². The summed E-state index contributed by atoms with van der Waals surface area (Å²) in [4.78, 5) is 25.7. The van der Waals surface area contributed by atoms with Gasteiger partial charge in [-0.25, -0.2) is 4.79 Å². The van der Waals surface area contributed by atoms with Crippen LogP contribution < -0.4 is 10.6 Å². The number of urea groups is 1. The molecule has 2 aromatic rings. The molecular formula is C13H16N6O3. The number of hydrogen-bond donors (Lipinski definition) is 2. The van der Waals surface area contributed by atoms with Gasteiger partial charge in [-0.2, -0.15) is 5.10 Å². The van der Waals surface area contributed by atoms with Crippen molar-refractivity contribution < 1.29 is 9.72 Å². The van der Waals surface area contributed by atoms with Crippen molar-refractivity contribution in [2.75, 3.05) is 13.1 Å². The highest BCUT2D eigenvalue weighted by Gasteiger charge is 2.08. The van der Waals surface area contributed by atoms with Crippen molar-refractivity contribution in [2.24, 2.45) is 0 Å². The fourth-order valence-electron chi connectivity index (χ4n) is 1.77. The summed E-state index contributed by atoms with van der Waals surface area (Å²) in [6.45, 7) is 1.17. The number of pyridine rings is 1. The molecule has 0 bridgehead atoms. The summed E-state index contributed by atoms with van der Waals surface area (Å²) in [5.74, 6) is 0. The second-order valence-electron chi connectivity index (χ2n) is 4.47. The van der Waals surface area contributed by atoms with Crippen LogP contribution in [0.5, 0.6) is 0 Å². The van der Waals surface area contributed by atoms with Gasteiger partial charge in [0.1, 0.15) is 12.4 Å². The Hall–Kier alpha value is -2.97. The van der Waals surface area contributed by atoms with Crippen LogP contribution in [0.1, 0.15) is 5.69 Å². The third-order valence-corrected chi connectivity index (χ3v) is 2.85. The Bertz CT molecular complexity index is 628. The topological polar surface area (TPSA) is 115 Å². The lowest BCUT2D eigenvalue weighted by molar-refractivity contribution is -0.385. The van der Waals surface area contributed by atoms with Gasteiger partial charge in [-0.15, -0.1) is 0 Å². The van der Waals surface area contributed by atoms with E-state index in [-0.39, 0.29) is 11.7 Å². The second kappa shape index (κ2) is 7.72. The molecule has 2 N–H and O–H groups in total. The highest BCUT2D eigenvalue weighted by molar-refractivity contribution is 5.73. The van der Waals surface area contributed by atoms with Gasteiger partial charge in [-0.3, -0.25) is 19.8 Å². The molecule has 0 saturated heterocycles. The molecule has 116 valence electrons. The molecule has 0 aliphatic carbocycles. The number of rotatable bonds is 7. The number of carbonyl (C=O) groups excluding carboxylic acids is 1. The van der Waals surface area contributed by atoms with E-state index >= 15 is 0 Å². The van der Waals surface area contributed by atoms with Gasteiger partial charge in [-0.1, -0.05) is 6.07 Å². The van der Waals surface area contributed by atoms with Gasteiger partial charge in [0.2, 0.25) is 0 Å². The molecule has 2 rings (SSSR count). The predicted molar refractivity (Wildman–Crippen MR) is 78.2 cm³/mol. The van der Waals surface area contributed by atoms with Crippen LogP contribution in [0.4, 0.5) is 10.5 Å². The lowest BCUT2D eigenvalue weighted by atomic mass is 10.3. The normalized spacial score (nSPS) is 10.2. The number of hydrogen-bond acceptors (Lipinski definition) is 5. The van der Waals surface area contributed by atoms with E-state index < -0.39 is 4.92 Å². The van der Waals surface area contributed by atoms with Crippen LogP contribution in [0.2, 0.25) is 0 Å². The van der Waals surface area contributed by atoms with Gasteiger partial charge in [-0.05, 0) is 12.1 Å². The fraction of sp³-hybridized carbons (Fsp3) is 0.308. The highest BCUT2D eigenvalue weighted by atomic mass is 16.6. The summed E-state index contributed by atoms with van der Waals surface area (Å²) in [6, 6.07) is 5.33. The van der Waals surface area contributed by atoms with Crippen LogP contribution in [0, 0.1) is 10.1 Å². The summed E-state index contributed by atoms with van der Waals surface area (Å²) in [6.07, 6.45) is 4.85. The number of nitrogens with one attached hydrogen (secondary N) is 2. The number of aromatic nitrogens is 3. The Kier molecular flexibility index (Phi) is 5.41. The van der Waals surface area contributed by atoms with Crippen LogP contribution >= 0.6 is 0 Å². The van der Waals surface area contributed by atoms with E-state index in [0.717, 1.165) is 5.69 Å². The Balaban J connectivity index is 1.62. The molecule has 0 aliphatic rings. The monoisotopic (exact) mass is 304 g/mol. The van der Waals surface area contributed by atoms with Crippen molar-refractivity contribution in [3.05, 3.63) is 52.6 Å². The standard InChI is InChI=1S/C13H16N6O3/c20-13(15-6-4-11-3-1-2-5-14-11)16-7-8-18-10-12(9-17-18)19(21)22/h1-3,5,9-10H,4,6-8H2,(H2,15,16,20). The smallest absolute Gasteiger partial charge is 0.314 e. The van der Waals surface area contributed by atoms with Crippen LogP contribution in [0.3, 0.4) is 0 Å². The number of nitro groups is 1. The molecule has 2 aromatic heterocycles. The van der Waals surface area contributed by atoms with Crippen molar-refractivity contribution in [3.63, 3.8) is 0 Å². The van der Waals surface area contributed by atoms with Gasteiger partial charge in [0, 0.05) is 31.4 Å². The molecule has 9 nitrogen and oxygen atoms in total. The molecule has 22 heavy (non-hydrogen) atoms. The Morgan fingerprint density at radius 2 is 2.14 bits per heavy atom.